The summed E-state index contributed by atoms with van der Waals surface area (Å²) < 4.78 is 10.6. The van der Waals surface area contributed by atoms with Crippen molar-refractivity contribution in [3.8, 4) is 0 Å². The summed E-state index contributed by atoms with van der Waals surface area (Å²) in [6, 6.07) is -0.615. The van der Waals surface area contributed by atoms with Crippen LogP contribution in [0.3, 0.4) is 0 Å². The lowest BCUT2D eigenvalue weighted by Gasteiger charge is -2.23. The van der Waals surface area contributed by atoms with E-state index in [0.717, 1.165) is 32.1 Å². The third-order valence-electron chi connectivity index (χ3n) is 3.14. The maximum Gasteiger partial charge on any atom is 0.408 e. The number of esters is 1. The molecule has 0 aliphatic heterocycles. The molecule has 1 N–H and O–H groups in total. The van der Waals surface area contributed by atoms with E-state index < -0.39 is 17.7 Å². The van der Waals surface area contributed by atoms with Gasteiger partial charge in [-0.25, -0.2) is 9.59 Å². The number of carbonyl (C=O) groups is 2. The maximum absolute atomic E-state index is 12.1. The second-order valence-electron chi connectivity index (χ2n) is 6.33. The van der Waals surface area contributed by atoms with Crippen molar-refractivity contribution in [3.05, 3.63) is 0 Å². The van der Waals surface area contributed by atoms with Crippen LogP contribution in [-0.2, 0) is 14.3 Å². The smallest absolute Gasteiger partial charge is 0.408 e. The minimum atomic E-state index is -0.615. The Balaban J connectivity index is 2.49. The molecule has 1 amide bonds. The van der Waals surface area contributed by atoms with Crippen LogP contribution in [0.2, 0.25) is 0 Å². The zero-order chi connectivity index (χ0) is 15.2. The number of nitrogens with one attached hydrogen (secondary N) is 1. The highest BCUT2D eigenvalue weighted by Crippen LogP contribution is 2.21. The molecule has 0 aromatic rings. The van der Waals surface area contributed by atoms with E-state index in [2.05, 4.69) is 5.32 Å². The highest BCUT2D eigenvalue weighted by Gasteiger charge is 2.27. The fourth-order valence-corrected chi connectivity index (χ4v) is 2.24. The van der Waals surface area contributed by atoms with Gasteiger partial charge in [-0.1, -0.05) is 13.3 Å². The second kappa shape index (κ2) is 7.50. The molecule has 0 aromatic carbocycles. The molecular formula is C15H27NO4. The summed E-state index contributed by atoms with van der Waals surface area (Å²) in [5.41, 5.74) is -0.573. The Labute approximate surface area is 121 Å². The predicted octanol–water partition coefficient (Wildman–Crippen LogP) is 3.17. The average molecular weight is 285 g/mol. The molecule has 1 saturated carbocycles. The molecule has 20 heavy (non-hydrogen) atoms. The van der Waals surface area contributed by atoms with Crippen LogP contribution in [0.5, 0.6) is 0 Å². The van der Waals surface area contributed by atoms with Gasteiger partial charge in [0.1, 0.15) is 17.7 Å². The van der Waals surface area contributed by atoms with Crippen molar-refractivity contribution in [2.45, 2.75) is 84.0 Å². The quantitative estimate of drug-likeness (QED) is 0.788. The molecule has 0 aromatic heterocycles. The monoisotopic (exact) mass is 285 g/mol. The van der Waals surface area contributed by atoms with Gasteiger partial charge >= 0.3 is 12.1 Å². The molecule has 1 aliphatic rings. The first kappa shape index (κ1) is 16.8. The Morgan fingerprint density at radius 1 is 1.25 bits per heavy atom. The van der Waals surface area contributed by atoms with E-state index in [9.17, 15) is 9.59 Å². The molecule has 1 unspecified atom stereocenters. The van der Waals surface area contributed by atoms with E-state index in [4.69, 9.17) is 9.47 Å². The first-order valence-corrected chi connectivity index (χ1v) is 7.52. The Hall–Kier alpha value is -1.26. The van der Waals surface area contributed by atoms with Gasteiger partial charge in [-0.15, -0.1) is 0 Å². The minimum Gasteiger partial charge on any atom is -0.461 e. The van der Waals surface area contributed by atoms with Gasteiger partial charge in [-0.05, 0) is 52.9 Å². The van der Waals surface area contributed by atoms with Gasteiger partial charge in [-0.2, -0.15) is 0 Å². The van der Waals surface area contributed by atoms with Gasteiger partial charge in [0.2, 0.25) is 0 Å². The van der Waals surface area contributed by atoms with Gasteiger partial charge in [0, 0.05) is 0 Å². The molecule has 0 radical (unpaired) electrons. The Morgan fingerprint density at radius 3 is 2.35 bits per heavy atom. The molecule has 5 heteroatoms. The van der Waals surface area contributed by atoms with Crippen molar-refractivity contribution in [1.29, 1.82) is 0 Å². The van der Waals surface area contributed by atoms with E-state index in [1.165, 1.54) is 0 Å². The Bertz CT molecular complexity index is 329. The third-order valence-corrected chi connectivity index (χ3v) is 3.14. The summed E-state index contributed by atoms with van der Waals surface area (Å²) in [5, 5.41) is 2.61. The summed E-state index contributed by atoms with van der Waals surface area (Å²) in [7, 11) is 0. The number of hydrogen-bond donors (Lipinski definition) is 1. The summed E-state index contributed by atoms with van der Waals surface area (Å²) in [5.74, 6) is -0.343. The highest BCUT2D eigenvalue weighted by molar-refractivity contribution is 5.81. The Morgan fingerprint density at radius 2 is 1.85 bits per heavy atom. The van der Waals surface area contributed by atoms with Crippen LogP contribution >= 0.6 is 0 Å². The molecule has 1 aliphatic carbocycles. The first-order chi connectivity index (χ1) is 9.31. The van der Waals surface area contributed by atoms with Crippen molar-refractivity contribution in [2.75, 3.05) is 0 Å². The number of hydrogen-bond acceptors (Lipinski definition) is 4. The van der Waals surface area contributed by atoms with Crippen LogP contribution in [0.25, 0.3) is 0 Å². The summed E-state index contributed by atoms with van der Waals surface area (Å²) in [4.78, 5) is 23.8. The number of ether oxygens (including phenoxy) is 2. The Kier molecular flexibility index (Phi) is 6.30. The number of rotatable bonds is 5. The van der Waals surface area contributed by atoms with Gasteiger partial charge < -0.3 is 14.8 Å². The predicted molar refractivity (Wildman–Crippen MR) is 76.4 cm³/mol. The van der Waals surface area contributed by atoms with Crippen LogP contribution in [0.15, 0.2) is 0 Å². The van der Waals surface area contributed by atoms with E-state index in [-0.39, 0.29) is 12.1 Å². The van der Waals surface area contributed by atoms with Crippen molar-refractivity contribution in [2.24, 2.45) is 0 Å². The first-order valence-electron chi connectivity index (χ1n) is 7.52. The molecule has 0 bridgehead atoms. The van der Waals surface area contributed by atoms with Crippen LogP contribution in [0.4, 0.5) is 4.79 Å². The van der Waals surface area contributed by atoms with Crippen LogP contribution < -0.4 is 5.32 Å². The van der Waals surface area contributed by atoms with Crippen molar-refractivity contribution >= 4 is 12.1 Å². The molecule has 5 nitrogen and oxygen atoms in total. The van der Waals surface area contributed by atoms with E-state index in [1.54, 1.807) is 20.8 Å². The molecule has 0 spiro atoms. The minimum absolute atomic E-state index is 0.0160. The number of amides is 1. The molecular weight excluding hydrogens is 258 g/mol. The largest absolute Gasteiger partial charge is 0.461 e. The van der Waals surface area contributed by atoms with Crippen molar-refractivity contribution in [1.82, 2.24) is 5.32 Å². The van der Waals surface area contributed by atoms with Crippen LogP contribution in [0, 0.1) is 0 Å². The molecule has 1 fully saturated rings. The zero-order valence-electron chi connectivity index (χ0n) is 13.0. The normalized spacial score (nSPS) is 17.6. The number of carbonyl (C=O) groups excluding carboxylic acids is 2. The lowest BCUT2D eigenvalue weighted by molar-refractivity contribution is -0.151. The fraction of sp³-hybridized carbons (Fsp3) is 0.867. The van der Waals surface area contributed by atoms with Crippen molar-refractivity contribution < 1.29 is 19.1 Å². The van der Waals surface area contributed by atoms with E-state index in [0.29, 0.717) is 6.42 Å². The summed E-state index contributed by atoms with van der Waals surface area (Å²) in [6.07, 6.45) is 4.87. The third kappa shape index (κ3) is 6.26. The SMILES string of the molecule is CCCC(NC(=O)OC(C)(C)C)C(=O)OC1CCCC1. The lowest BCUT2D eigenvalue weighted by atomic mass is 10.1. The highest BCUT2D eigenvalue weighted by atomic mass is 16.6. The molecule has 116 valence electrons. The average Bonchev–Trinajstić information content (AvgIpc) is 2.78. The second-order valence-corrected chi connectivity index (χ2v) is 6.33. The van der Waals surface area contributed by atoms with Gasteiger partial charge in [0.25, 0.3) is 0 Å². The molecule has 0 saturated heterocycles. The van der Waals surface area contributed by atoms with E-state index in [1.807, 2.05) is 6.92 Å². The van der Waals surface area contributed by atoms with Gasteiger partial charge in [0.05, 0.1) is 0 Å². The van der Waals surface area contributed by atoms with Crippen LogP contribution in [-0.4, -0.2) is 29.8 Å². The standard InChI is InChI=1S/C15H27NO4/c1-5-8-12(16-14(18)20-15(2,3)4)13(17)19-11-9-6-7-10-11/h11-12H,5-10H2,1-4H3,(H,16,18). The maximum atomic E-state index is 12.1. The molecule has 1 rings (SSSR count). The number of alkyl carbamates (subject to hydrolysis) is 1. The summed E-state index contributed by atoms with van der Waals surface area (Å²) >= 11 is 0. The van der Waals surface area contributed by atoms with Gasteiger partial charge in [-0.3, -0.25) is 0 Å². The molecule has 1 atom stereocenters. The zero-order valence-corrected chi connectivity index (χ0v) is 13.0. The molecule has 0 heterocycles. The summed E-state index contributed by atoms with van der Waals surface area (Å²) in [6.45, 7) is 7.33. The fourth-order valence-electron chi connectivity index (χ4n) is 2.24. The van der Waals surface area contributed by atoms with Crippen LogP contribution in [0.1, 0.15) is 66.2 Å². The topological polar surface area (TPSA) is 64.6 Å². The van der Waals surface area contributed by atoms with E-state index >= 15 is 0 Å². The van der Waals surface area contributed by atoms with Gasteiger partial charge in [0.15, 0.2) is 0 Å². The van der Waals surface area contributed by atoms with Crippen molar-refractivity contribution in [3.63, 3.8) is 0 Å². The lowest BCUT2D eigenvalue weighted by Crippen LogP contribution is -2.44.